The molecule has 0 saturated heterocycles. The third-order valence-corrected chi connectivity index (χ3v) is 3.33. The number of nitrogens with one attached hydrogen (secondary N) is 3. The lowest BCUT2D eigenvalue weighted by Crippen LogP contribution is -2.36. The van der Waals surface area contributed by atoms with E-state index >= 15 is 0 Å². The minimum atomic E-state index is -0.581. The van der Waals surface area contributed by atoms with Crippen molar-refractivity contribution in [1.29, 1.82) is 0 Å². The van der Waals surface area contributed by atoms with Crippen molar-refractivity contribution in [3.63, 3.8) is 0 Å². The van der Waals surface area contributed by atoms with E-state index < -0.39 is 16.8 Å². The van der Waals surface area contributed by atoms with Gasteiger partial charge in [0.25, 0.3) is 5.56 Å². The van der Waals surface area contributed by atoms with E-state index in [4.69, 9.17) is 5.73 Å². The summed E-state index contributed by atoms with van der Waals surface area (Å²) < 4.78 is 0. The van der Waals surface area contributed by atoms with Gasteiger partial charge in [-0.05, 0) is 25.7 Å². The number of H-pyrrole nitrogens is 3. The van der Waals surface area contributed by atoms with Gasteiger partial charge in [-0.25, -0.2) is 9.78 Å². The summed E-state index contributed by atoms with van der Waals surface area (Å²) in [5, 5.41) is 0. The van der Waals surface area contributed by atoms with Crippen LogP contribution in [0.15, 0.2) is 9.59 Å². The maximum atomic E-state index is 11.5. The van der Waals surface area contributed by atoms with Gasteiger partial charge < -0.3 is 10.7 Å². The van der Waals surface area contributed by atoms with Gasteiger partial charge in [0, 0.05) is 0 Å². The third-order valence-electron chi connectivity index (χ3n) is 3.33. The highest BCUT2D eigenvalue weighted by molar-refractivity contribution is 5.68. The van der Waals surface area contributed by atoms with Gasteiger partial charge in [-0.15, -0.1) is 0 Å². The average molecular weight is 235 g/mol. The van der Waals surface area contributed by atoms with Crippen molar-refractivity contribution in [2.45, 2.75) is 25.3 Å². The van der Waals surface area contributed by atoms with E-state index in [0.29, 0.717) is 11.7 Å². The minimum Gasteiger partial charge on any atom is -0.335 e. The van der Waals surface area contributed by atoms with Crippen LogP contribution in [0, 0.1) is 5.92 Å². The second-order valence-corrected chi connectivity index (χ2v) is 4.77. The van der Waals surface area contributed by atoms with Crippen molar-refractivity contribution in [2.24, 2.45) is 11.7 Å². The van der Waals surface area contributed by atoms with Crippen molar-refractivity contribution in [3.05, 3.63) is 26.7 Å². The lowest BCUT2D eigenvalue weighted by Gasteiger charge is -2.20. The van der Waals surface area contributed by atoms with E-state index in [1.165, 1.54) is 0 Å². The molecular formula is C10H13N5O2. The molecule has 2 heterocycles. The summed E-state index contributed by atoms with van der Waals surface area (Å²) in [6, 6.07) is 0. The van der Waals surface area contributed by atoms with Gasteiger partial charge in [0.1, 0.15) is 11.3 Å². The van der Waals surface area contributed by atoms with Gasteiger partial charge in [-0.1, -0.05) is 0 Å². The molecule has 1 fully saturated rings. The normalized spacial score (nSPS) is 19.4. The minimum absolute atomic E-state index is 0.256. The van der Waals surface area contributed by atoms with E-state index in [9.17, 15) is 9.59 Å². The van der Waals surface area contributed by atoms with E-state index in [2.05, 4.69) is 19.9 Å². The molecule has 1 atom stereocenters. The SMILES string of the molecule is CC(N)(c1nc2[nH]c(=O)[nH]c(=O)c2[nH]1)C1CC1. The Morgan fingerprint density at radius 1 is 1.29 bits per heavy atom. The molecule has 7 nitrogen and oxygen atoms in total. The zero-order valence-corrected chi connectivity index (χ0v) is 9.33. The Morgan fingerprint density at radius 2 is 2.00 bits per heavy atom. The second kappa shape index (κ2) is 3.07. The third kappa shape index (κ3) is 1.50. The highest BCUT2D eigenvalue weighted by Gasteiger charge is 2.42. The van der Waals surface area contributed by atoms with Crippen LogP contribution in [0.4, 0.5) is 0 Å². The predicted molar refractivity (Wildman–Crippen MR) is 61.6 cm³/mol. The van der Waals surface area contributed by atoms with Crippen molar-refractivity contribution >= 4 is 11.2 Å². The first-order valence-corrected chi connectivity index (χ1v) is 5.50. The number of rotatable bonds is 2. The van der Waals surface area contributed by atoms with E-state index in [1.807, 2.05) is 6.92 Å². The summed E-state index contributed by atoms with van der Waals surface area (Å²) >= 11 is 0. The van der Waals surface area contributed by atoms with Crippen LogP contribution < -0.4 is 17.0 Å². The molecule has 1 aliphatic carbocycles. The Labute approximate surface area is 95.5 Å². The quantitative estimate of drug-likeness (QED) is 0.562. The van der Waals surface area contributed by atoms with E-state index in [-0.39, 0.29) is 11.2 Å². The Balaban J connectivity index is 2.23. The summed E-state index contributed by atoms with van der Waals surface area (Å²) in [4.78, 5) is 34.4. The molecule has 0 spiro atoms. The number of nitrogens with two attached hydrogens (primary N) is 1. The molecule has 3 rings (SSSR count). The molecule has 0 aromatic carbocycles. The molecular weight excluding hydrogens is 222 g/mol. The zero-order chi connectivity index (χ0) is 12.2. The van der Waals surface area contributed by atoms with Crippen LogP contribution in [-0.2, 0) is 5.54 Å². The molecule has 90 valence electrons. The maximum Gasteiger partial charge on any atom is 0.327 e. The van der Waals surface area contributed by atoms with Gasteiger partial charge >= 0.3 is 5.69 Å². The fraction of sp³-hybridized carbons (Fsp3) is 0.500. The average Bonchev–Trinajstić information content (AvgIpc) is 2.99. The number of aromatic amines is 3. The van der Waals surface area contributed by atoms with Gasteiger partial charge in [-0.2, -0.15) is 0 Å². The molecule has 0 radical (unpaired) electrons. The second-order valence-electron chi connectivity index (χ2n) is 4.77. The van der Waals surface area contributed by atoms with Crippen molar-refractivity contribution < 1.29 is 0 Å². The van der Waals surface area contributed by atoms with Crippen LogP contribution >= 0.6 is 0 Å². The Hall–Kier alpha value is -1.89. The van der Waals surface area contributed by atoms with Crippen molar-refractivity contribution in [1.82, 2.24) is 19.9 Å². The molecule has 17 heavy (non-hydrogen) atoms. The van der Waals surface area contributed by atoms with Crippen molar-refractivity contribution in [3.8, 4) is 0 Å². The number of nitrogens with zero attached hydrogens (tertiary/aromatic N) is 1. The summed E-state index contributed by atoms with van der Waals surface area (Å²) in [5.74, 6) is 0.927. The van der Waals surface area contributed by atoms with Gasteiger partial charge in [0.15, 0.2) is 5.65 Å². The van der Waals surface area contributed by atoms with Crippen LogP contribution in [0.3, 0.4) is 0 Å². The first kappa shape index (κ1) is 10.3. The first-order valence-electron chi connectivity index (χ1n) is 5.50. The number of hydrogen-bond acceptors (Lipinski definition) is 4. The predicted octanol–water partition coefficient (Wildman–Crippen LogP) is -0.477. The van der Waals surface area contributed by atoms with Crippen LogP contribution in [0.2, 0.25) is 0 Å². The van der Waals surface area contributed by atoms with Crippen LogP contribution in [-0.4, -0.2) is 19.9 Å². The van der Waals surface area contributed by atoms with Gasteiger partial charge in [0.05, 0.1) is 5.54 Å². The number of aromatic nitrogens is 4. The highest BCUT2D eigenvalue weighted by Crippen LogP contribution is 2.42. The van der Waals surface area contributed by atoms with Gasteiger partial charge in [-0.3, -0.25) is 14.8 Å². The molecule has 1 saturated carbocycles. The molecule has 1 unspecified atom stereocenters. The van der Waals surface area contributed by atoms with Crippen molar-refractivity contribution in [2.75, 3.05) is 0 Å². The topological polar surface area (TPSA) is 120 Å². The molecule has 0 aliphatic heterocycles. The highest BCUT2D eigenvalue weighted by atomic mass is 16.2. The zero-order valence-electron chi connectivity index (χ0n) is 9.33. The molecule has 7 heteroatoms. The lowest BCUT2D eigenvalue weighted by atomic mass is 9.97. The van der Waals surface area contributed by atoms with E-state index in [0.717, 1.165) is 12.8 Å². The largest absolute Gasteiger partial charge is 0.335 e. The molecule has 5 N–H and O–H groups in total. The van der Waals surface area contributed by atoms with E-state index in [1.54, 1.807) is 0 Å². The van der Waals surface area contributed by atoms with Gasteiger partial charge in [0.2, 0.25) is 0 Å². The number of fused-ring (bicyclic) bond motifs is 1. The molecule has 2 aromatic heterocycles. The van der Waals surface area contributed by atoms with Crippen LogP contribution in [0.25, 0.3) is 11.2 Å². The van der Waals surface area contributed by atoms with Crippen LogP contribution in [0.1, 0.15) is 25.6 Å². The Bertz CT molecular complexity index is 689. The summed E-state index contributed by atoms with van der Waals surface area (Å²) in [6.07, 6.45) is 2.13. The molecule has 0 amide bonds. The fourth-order valence-electron chi connectivity index (χ4n) is 2.06. The monoisotopic (exact) mass is 235 g/mol. The summed E-state index contributed by atoms with van der Waals surface area (Å²) in [5.41, 5.74) is 5.09. The molecule has 0 bridgehead atoms. The Kier molecular flexibility index (Phi) is 1.86. The fourth-order valence-corrected chi connectivity index (χ4v) is 2.06. The smallest absolute Gasteiger partial charge is 0.327 e. The molecule has 1 aliphatic rings. The first-order chi connectivity index (χ1) is 7.98. The standard InChI is InChI=1S/C10H13N5O2/c1-10(11,4-2-3-4)8-12-5-6(13-8)14-9(17)15-7(5)16/h4H,2-3,11H2,1H3,(H3,12,13,14,15,16,17). The Morgan fingerprint density at radius 3 is 2.65 bits per heavy atom. The maximum absolute atomic E-state index is 11.5. The molecule has 2 aromatic rings. The number of hydrogen-bond donors (Lipinski definition) is 4. The number of imidazole rings is 1. The lowest BCUT2D eigenvalue weighted by molar-refractivity contribution is 0.405. The van der Waals surface area contributed by atoms with Crippen LogP contribution in [0.5, 0.6) is 0 Å². The summed E-state index contributed by atoms with van der Waals surface area (Å²) in [7, 11) is 0. The summed E-state index contributed by atoms with van der Waals surface area (Å²) in [6.45, 7) is 1.88.